The van der Waals surface area contributed by atoms with Gasteiger partial charge in [-0.25, -0.2) is 13.2 Å². The van der Waals surface area contributed by atoms with E-state index in [9.17, 15) is 13.2 Å². The summed E-state index contributed by atoms with van der Waals surface area (Å²) in [4.78, 5) is 14.4. The zero-order chi connectivity index (χ0) is 17.2. The molecule has 2 amide bonds. The largest absolute Gasteiger partial charge is 0.326 e. The number of hydrogen-bond donors (Lipinski definition) is 1. The average molecular weight is 344 g/mol. The molecule has 0 saturated carbocycles. The van der Waals surface area contributed by atoms with Gasteiger partial charge >= 0.3 is 6.03 Å². The number of urea groups is 1. The van der Waals surface area contributed by atoms with Crippen LogP contribution in [0.3, 0.4) is 0 Å². The highest BCUT2D eigenvalue weighted by Gasteiger charge is 2.35. The normalized spacial score (nSPS) is 19.0. The number of hydrogen-bond acceptors (Lipinski definition) is 3. The number of nitrogens with zero attached hydrogens (tertiary/aromatic N) is 1. The highest BCUT2D eigenvalue weighted by molar-refractivity contribution is 7.91. The van der Waals surface area contributed by atoms with Crippen LogP contribution in [-0.2, 0) is 9.84 Å². The summed E-state index contributed by atoms with van der Waals surface area (Å²) < 4.78 is 23.7. The fraction of sp³-hybridized carbons (Fsp3) is 0.278. The van der Waals surface area contributed by atoms with Gasteiger partial charge in [0.15, 0.2) is 9.84 Å². The quantitative estimate of drug-likeness (QED) is 0.930. The van der Waals surface area contributed by atoms with Gasteiger partial charge in [0, 0.05) is 11.4 Å². The van der Waals surface area contributed by atoms with E-state index in [0.717, 1.165) is 5.56 Å². The summed E-state index contributed by atoms with van der Waals surface area (Å²) >= 11 is 0. The van der Waals surface area contributed by atoms with Crippen molar-refractivity contribution < 1.29 is 13.2 Å². The minimum absolute atomic E-state index is 0.00313. The third kappa shape index (κ3) is 3.76. The van der Waals surface area contributed by atoms with Gasteiger partial charge in [-0.05, 0) is 43.2 Å². The summed E-state index contributed by atoms with van der Waals surface area (Å²) in [6, 6.07) is 16.1. The van der Waals surface area contributed by atoms with Crippen LogP contribution in [0.25, 0.3) is 0 Å². The summed E-state index contributed by atoms with van der Waals surface area (Å²) in [6.45, 7) is 1.95. The Morgan fingerprint density at radius 1 is 1.12 bits per heavy atom. The third-order valence-corrected chi connectivity index (χ3v) is 5.85. The van der Waals surface area contributed by atoms with E-state index in [1.807, 2.05) is 49.4 Å². The van der Waals surface area contributed by atoms with Crippen molar-refractivity contribution in [3.8, 4) is 0 Å². The SMILES string of the molecule is Cc1cccc(N(C(=O)Nc2ccccc2)C2CCS(=O)(=O)C2)c1. The first-order chi connectivity index (χ1) is 11.4. The predicted octanol–water partition coefficient (Wildman–Crippen LogP) is 3.22. The van der Waals surface area contributed by atoms with Gasteiger partial charge in [-0.3, -0.25) is 4.90 Å². The summed E-state index contributed by atoms with van der Waals surface area (Å²) in [6.07, 6.45) is 0.457. The number of para-hydroxylation sites is 1. The van der Waals surface area contributed by atoms with Crippen LogP contribution in [0.1, 0.15) is 12.0 Å². The monoisotopic (exact) mass is 344 g/mol. The van der Waals surface area contributed by atoms with E-state index in [-0.39, 0.29) is 23.6 Å². The Hall–Kier alpha value is -2.34. The van der Waals surface area contributed by atoms with Crippen molar-refractivity contribution in [3.63, 3.8) is 0 Å². The number of carbonyl (C=O) groups is 1. The fourth-order valence-corrected chi connectivity index (χ4v) is 4.66. The molecule has 6 heteroatoms. The molecule has 0 bridgehead atoms. The second-order valence-corrected chi connectivity index (χ2v) is 8.29. The lowest BCUT2D eigenvalue weighted by Gasteiger charge is -2.28. The molecule has 3 rings (SSSR count). The first-order valence-electron chi connectivity index (χ1n) is 7.87. The number of amides is 2. The topological polar surface area (TPSA) is 66.5 Å². The molecule has 0 aromatic heterocycles. The number of benzene rings is 2. The number of nitrogens with one attached hydrogen (secondary N) is 1. The minimum atomic E-state index is -3.09. The number of carbonyl (C=O) groups excluding carboxylic acids is 1. The molecule has 0 aliphatic carbocycles. The zero-order valence-corrected chi connectivity index (χ0v) is 14.3. The van der Waals surface area contributed by atoms with Crippen LogP contribution in [-0.4, -0.2) is 32.0 Å². The van der Waals surface area contributed by atoms with Crippen molar-refractivity contribution >= 4 is 27.2 Å². The van der Waals surface area contributed by atoms with Gasteiger partial charge in [0.25, 0.3) is 0 Å². The highest BCUT2D eigenvalue weighted by atomic mass is 32.2. The Morgan fingerprint density at radius 3 is 2.50 bits per heavy atom. The molecule has 2 aromatic rings. The molecule has 1 fully saturated rings. The van der Waals surface area contributed by atoms with Crippen LogP contribution in [0.5, 0.6) is 0 Å². The maximum Gasteiger partial charge on any atom is 0.326 e. The van der Waals surface area contributed by atoms with E-state index >= 15 is 0 Å². The Bertz CT molecular complexity index is 834. The van der Waals surface area contributed by atoms with Gasteiger partial charge in [0.05, 0.1) is 17.5 Å². The molecule has 1 aliphatic rings. The highest BCUT2D eigenvalue weighted by Crippen LogP contribution is 2.26. The fourth-order valence-electron chi connectivity index (χ4n) is 2.96. The van der Waals surface area contributed by atoms with Gasteiger partial charge in [-0.15, -0.1) is 0 Å². The summed E-state index contributed by atoms with van der Waals surface area (Å²) in [7, 11) is -3.09. The zero-order valence-electron chi connectivity index (χ0n) is 13.5. The second-order valence-electron chi connectivity index (χ2n) is 6.06. The maximum absolute atomic E-state index is 12.8. The van der Waals surface area contributed by atoms with Crippen molar-refractivity contribution in [2.24, 2.45) is 0 Å². The molecule has 1 aliphatic heterocycles. The molecule has 1 N–H and O–H groups in total. The van der Waals surface area contributed by atoms with Gasteiger partial charge < -0.3 is 5.32 Å². The van der Waals surface area contributed by atoms with Crippen molar-refractivity contribution in [1.29, 1.82) is 0 Å². The predicted molar refractivity (Wildman–Crippen MR) is 96.2 cm³/mol. The van der Waals surface area contributed by atoms with Gasteiger partial charge in [0.1, 0.15) is 0 Å². The van der Waals surface area contributed by atoms with Crippen LogP contribution >= 0.6 is 0 Å². The molecule has 1 heterocycles. The van der Waals surface area contributed by atoms with Gasteiger partial charge in [-0.2, -0.15) is 0 Å². The molecule has 1 unspecified atom stereocenters. The van der Waals surface area contributed by atoms with Crippen molar-refractivity contribution in [2.45, 2.75) is 19.4 Å². The van der Waals surface area contributed by atoms with E-state index < -0.39 is 9.84 Å². The van der Waals surface area contributed by atoms with Crippen LogP contribution in [0.2, 0.25) is 0 Å². The molecule has 24 heavy (non-hydrogen) atoms. The molecule has 1 saturated heterocycles. The van der Waals surface area contributed by atoms with Crippen LogP contribution < -0.4 is 10.2 Å². The van der Waals surface area contributed by atoms with Crippen molar-refractivity contribution in [3.05, 3.63) is 60.2 Å². The minimum Gasteiger partial charge on any atom is -0.308 e. The standard InChI is InChI=1S/C18H20N2O3S/c1-14-6-5-9-16(12-14)20(17-10-11-24(22,23)13-17)18(21)19-15-7-3-2-4-8-15/h2-9,12,17H,10-11,13H2,1H3,(H,19,21). The Labute approximate surface area is 142 Å². The van der Waals surface area contributed by atoms with E-state index in [1.54, 1.807) is 17.0 Å². The number of aryl methyl sites for hydroxylation is 1. The number of anilines is 2. The molecule has 0 radical (unpaired) electrons. The molecular weight excluding hydrogens is 324 g/mol. The average Bonchev–Trinajstić information content (AvgIpc) is 2.88. The number of rotatable bonds is 3. The second kappa shape index (κ2) is 6.65. The number of sulfone groups is 1. The van der Waals surface area contributed by atoms with E-state index in [1.165, 1.54) is 0 Å². The smallest absolute Gasteiger partial charge is 0.308 e. The first-order valence-corrected chi connectivity index (χ1v) is 9.69. The van der Waals surface area contributed by atoms with Crippen LogP contribution in [0, 0.1) is 6.92 Å². The van der Waals surface area contributed by atoms with Gasteiger partial charge in [-0.1, -0.05) is 30.3 Å². The molecule has 0 spiro atoms. The molecular formula is C18H20N2O3S. The first kappa shape index (κ1) is 16.5. The Balaban J connectivity index is 1.91. The van der Waals surface area contributed by atoms with E-state index in [4.69, 9.17) is 0 Å². The summed E-state index contributed by atoms with van der Waals surface area (Å²) in [5.74, 6) is 0.127. The molecule has 1 atom stereocenters. The van der Waals surface area contributed by atoms with Gasteiger partial charge in [0.2, 0.25) is 0 Å². The maximum atomic E-state index is 12.8. The lowest BCUT2D eigenvalue weighted by Crippen LogP contribution is -2.44. The summed E-state index contributed by atoms with van der Waals surface area (Å²) in [5.41, 5.74) is 2.41. The lowest BCUT2D eigenvalue weighted by atomic mass is 10.1. The van der Waals surface area contributed by atoms with Crippen LogP contribution in [0.4, 0.5) is 16.2 Å². The Kier molecular flexibility index (Phi) is 4.57. The lowest BCUT2D eigenvalue weighted by molar-refractivity contribution is 0.255. The Morgan fingerprint density at radius 2 is 1.88 bits per heavy atom. The van der Waals surface area contributed by atoms with Crippen LogP contribution in [0.15, 0.2) is 54.6 Å². The molecule has 126 valence electrons. The third-order valence-electron chi connectivity index (χ3n) is 4.10. The molecule has 2 aromatic carbocycles. The van der Waals surface area contributed by atoms with Crippen molar-refractivity contribution in [2.75, 3.05) is 21.7 Å². The summed E-state index contributed by atoms with van der Waals surface area (Å²) in [5, 5.41) is 2.86. The van der Waals surface area contributed by atoms with E-state index in [0.29, 0.717) is 17.8 Å². The van der Waals surface area contributed by atoms with Crippen molar-refractivity contribution in [1.82, 2.24) is 0 Å². The van der Waals surface area contributed by atoms with E-state index in [2.05, 4.69) is 5.32 Å². The molecule has 5 nitrogen and oxygen atoms in total.